The zero-order chi connectivity index (χ0) is 12.6. The van der Waals surface area contributed by atoms with E-state index in [4.69, 9.17) is 9.84 Å². The van der Waals surface area contributed by atoms with Gasteiger partial charge in [-0.3, -0.25) is 0 Å². The van der Waals surface area contributed by atoms with Crippen LogP contribution in [0.2, 0.25) is 0 Å². The summed E-state index contributed by atoms with van der Waals surface area (Å²) in [4.78, 5) is 0. The molecule has 1 aromatic carbocycles. The van der Waals surface area contributed by atoms with Gasteiger partial charge in [-0.05, 0) is 30.4 Å². The van der Waals surface area contributed by atoms with Crippen LogP contribution >= 0.6 is 0 Å². The van der Waals surface area contributed by atoms with Gasteiger partial charge >= 0.3 is 0 Å². The molecule has 1 aliphatic carbocycles. The van der Waals surface area contributed by atoms with E-state index in [1.165, 1.54) is 50.5 Å². The van der Waals surface area contributed by atoms with E-state index in [0.717, 1.165) is 5.75 Å². The van der Waals surface area contributed by atoms with Gasteiger partial charge in [-0.2, -0.15) is 0 Å². The number of aliphatic hydroxyl groups excluding tert-OH is 1. The first-order valence-corrected chi connectivity index (χ1v) is 7.24. The number of rotatable bonds is 4. The molecule has 18 heavy (non-hydrogen) atoms. The first-order valence-electron chi connectivity index (χ1n) is 7.24. The van der Waals surface area contributed by atoms with E-state index < -0.39 is 0 Å². The highest BCUT2D eigenvalue weighted by Gasteiger charge is 2.17. The molecule has 2 rings (SSSR count). The van der Waals surface area contributed by atoms with E-state index in [2.05, 4.69) is 12.1 Å². The van der Waals surface area contributed by atoms with E-state index >= 15 is 0 Å². The zero-order valence-corrected chi connectivity index (χ0v) is 11.1. The summed E-state index contributed by atoms with van der Waals surface area (Å²) in [6, 6.07) is 8.34. The van der Waals surface area contributed by atoms with E-state index in [-0.39, 0.29) is 6.61 Å². The molecule has 2 heteroatoms. The maximum Gasteiger partial charge on any atom is 0.122 e. The molecule has 1 N–H and O–H groups in total. The Bertz CT molecular complexity index is 341. The van der Waals surface area contributed by atoms with Crippen molar-refractivity contribution in [2.75, 3.05) is 13.2 Å². The minimum atomic E-state index is 0.0823. The fraction of sp³-hybridized carbons (Fsp3) is 0.625. The first-order chi connectivity index (χ1) is 8.92. The Morgan fingerprint density at radius 2 is 1.67 bits per heavy atom. The van der Waals surface area contributed by atoms with Crippen LogP contribution in [0.5, 0.6) is 5.75 Å². The smallest absolute Gasteiger partial charge is 0.122 e. The molecule has 1 saturated carbocycles. The average molecular weight is 248 g/mol. The summed E-state index contributed by atoms with van der Waals surface area (Å²) in [6.45, 7) is 0.475. The van der Waals surface area contributed by atoms with Crippen LogP contribution in [-0.4, -0.2) is 18.3 Å². The van der Waals surface area contributed by atoms with Crippen LogP contribution in [0.3, 0.4) is 0 Å². The molecule has 100 valence electrons. The summed E-state index contributed by atoms with van der Waals surface area (Å²) >= 11 is 0. The van der Waals surface area contributed by atoms with Crippen LogP contribution in [0.15, 0.2) is 24.3 Å². The molecule has 2 nitrogen and oxygen atoms in total. The third-order valence-electron chi connectivity index (χ3n) is 3.81. The molecular formula is C16H24O2. The van der Waals surface area contributed by atoms with Crippen molar-refractivity contribution >= 4 is 0 Å². The molecule has 1 aromatic rings. The number of hydrogen-bond acceptors (Lipinski definition) is 2. The molecule has 0 radical (unpaired) electrons. The van der Waals surface area contributed by atoms with Crippen LogP contribution in [0.4, 0.5) is 0 Å². The lowest BCUT2D eigenvalue weighted by molar-refractivity contribution is 0.199. The highest BCUT2D eigenvalue weighted by Crippen LogP contribution is 2.35. The summed E-state index contributed by atoms with van der Waals surface area (Å²) in [5.74, 6) is 1.61. The van der Waals surface area contributed by atoms with Gasteiger partial charge in [0.15, 0.2) is 0 Å². The number of benzene rings is 1. The molecule has 0 heterocycles. The van der Waals surface area contributed by atoms with Gasteiger partial charge in [0.1, 0.15) is 12.4 Å². The van der Waals surface area contributed by atoms with E-state index in [0.29, 0.717) is 12.5 Å². The molecule has 0 unspecified atom stereocenters. The Morgan fingerprint density at radius 3 is 2.39 bits per heavy atom. The molecule has 0 atom stereocenters. The Morgan fingerprint density at radius 1 is 1.00 bits per heavy atom. The van der Waals surface area contributed by atoms with Crippen molar-refractivity contribution in [3.8, 4) is 5.75 Å². The van der Waals surface area contributed by atoms with Crippen molar-refractivity contribution in [2.45, 2.75) is 50.9 Å². The van der Waals surface area contributed by atoms with Gasteiger partial charge in [0.05, 0.1) is 6.61 Å². The van der Waals surface area contributed by atoms with Crippen LogP contribution in [0.25, 0.3) is 0 Å². The van der Waals surface area contributed by atoms with Crippen molar-refractivity contribution in [1.82, 2.24) is 0 Å². The normalized spacial score (nSPS) is 18.1. The molecule has 0 saturated heterocycles. The van der Waals surface area contributed by atoms with E-state index in [9.17, 15) is 0 Å². The zero-order valence-electron chi connectivity index (χ0n) is 11.1. The van der Waals surface area contributed by atoms with Gasteiger partial charge in [-0.1, -0.05) is 50.3 Å². The average Bonchev–Trinajstić information content (AvgIpc) is 2.37. The molecule has 0 aromatic heterocycles. The fourth-order valence-corrected chi connectivity index (χ4v) is 2.87. The second-order valence-electron chi connectivity index (χ2n) is 5.15. The lowest BCUT2D eigenvalue weighted by Gasteiger charge is -2.22. The van der Waals surface area contributed by atoms with Crippen molar-refractivity contribution in [2.24, 2.45) is 0 Å². The predicted octanol–water partition coefficient (Wildman–Crippen LogP) is 3.89. The van der Waals surface area contributed by atoms with E-state index in [1.54, 1.807) is 0 Å². The lowest BCUT2D eigenvalue weighted by Crippen LogP contribution is -2.08. The number of aliphatic hydroxyl groups is 1. The molecule has 0 amide bonds. The van der Waals surface area contributed by atoms with Crippen LogP contribution < -0.4 is 4.74 Å². The SMILES string of the molecule is OCCOc1ccccc1C1CCCCCCC1. The molecular weight excluding hydrogens is 224 g/mol. The first kappa shape index (κ1) is 13.4. The van der Waals surface area contributed by atoms with Gasteiger partial charge in [0.25, 0.3) is 0 Å². The van der Waals surface area contributed by atoms with Crippen LogP contribution in [-0.2, 0) is 0 Å². The Hall–Kier alpha value is -1.02. The molecule has 1 aliphatic rings. The van der Waals surface area contributed by atoms with Gasteiger partial charge in [-0.25, -0.2) is 0 Å². The summed E-state index contributed by atoms with van der Waals surface area (Å²) in [5.41, 5.74) is 1.34. The number of hydrogen-bond donors (Lipinski definition) is 1. The van der Waals surface area contributed by atoms with Crippen molar-refractivity contribution in [3.63, 3.8) is 0 Å². The van der Waals surface area contributed by atoms with Gasteiger partial charge < -0.3 is 9.84 Å². The monoisotopic (exact) mass is 248 g/mol. The minimum absolute atomic E-state index is 0.0823. The van der Waals surface area contributed by atoms with Crippen molar-refractivity contribution in [1.29, 1.82) is 0 Å². The van der Waals surface area contributed by atoms with E-state index in [1.807, 2.05) is 12.1 Å². The van der Waals surface area contributed by atoms with Crippen LogP contribution in [0, 0.1) is 0 Å². The maximum atomic E-state index is 8.89. The van der Waals surface area contributed by atoms with Gasteiger partial charge in [0, 0.05) is 0 Å². The summed E-state index contributed by atoms with van der Waals surface area (Å²) in [5, 5.41) is 8.89. The second-order valence-corrected chi connectivity index (χ2v) is 5.15. The summed E-state index contributed by atoms with van der Waals surface area (Å²) < 4.78 is 5.66. The summed E-state index contributed by atoms with van der Waals surface area (Å²) in [7, 11) is 0. The lowest BCUT2D eigenvalue weighted by atomic mass is 9.85. The van der Waals surface area contributed by atoms with Gasteiger partial charge in [-0.15, -0.1) is 0 Å². The third-order valence-corrected chi connectivity index (χ3v) is 3.81. The maximum absolute atomic E-state index is 8.89. The topological polar surface area (TPSA) is 29.5 Å². The van der Waals surface area contributed by atoms with Crippen LogP contribution in [0.1, 0.15) is 56.4 Å². The third kappa shape index (κ3) is 3.74. The predicted molar refractivity (Wildman–Crippen MR) is 74.1 cm³/mol. The number of para-hydroxylation sites is 1. The van der Waals surface area contributed by atoms with Crippen molar-refractivity contribution in [3.05, 3.63) is 29.8 Å². The highest BCUT2D eigenvalue weighted by atomic mass is 16.5. The van der Waals surface area contributed by atoms with Crippen molar-refractivity contribution < 1.29 is 9.84 Å². The quantitative estimate of drug-likeness (QED) is 0.876. The Balaban J connectivity index is 2.08. The minimum Gasteiger partial charge on any atom is -0.491 e. The Kier molecular flexibility index (Phi) is 5.53. The summed E-state index contributed by atoms with van der Waals surface area (Å²) in [6.07, 6.45) is 9.36. The molecule has 0 aliphatic heterocycles. The fourth-order valence-electron chi connectivity index (χ4n) is 2.87. The largest absolute Gasteiger partial charge is 0.491 e. The van der Waals surface area contributed by atoms with Gasteiger partial charge in [0.2, 0.25) is 0 Å². The highest BCUT2D eigenvalue weighted by molar-refractivity contribution is 5.36. The number of ether oxygens (including phenoxy) is 1. The Labute approximate surface area is 110 Å². The molecule has 0 spiro atoms. The standard InChI is InChI=1S/C16H24O2/c17-12-13-18-16-11-7-6-10-15(16)14-8-4-2-1-3-5-9-14/h6-7,10-11,14,17H,1-5,8-9,12-13H2. The molecule has 0 bridgehead atoms. The molecule has 1 fully saturated rings. The second kappa shape index (κ2) is 7.42.